The Hall–Kier alpha value is -2.95. The van der Waals surface area contributed by atoms with E-state index in [9.17, 15) is 4.79 Å². The lowest BCUT2D eigenvalue weighted by atomic mass is 10.0. The van der Waals surface area contributed by atoms with Crippen molar-refractivity contribution in [3.63, 3.8) is 0 Å². The maximum atomic E-state index is 13.0. The molecule has 1 aromatic heterocycles. The molecule has 5 nitrogen and oxygen atoms in total. The van der Waals surface area contributed by atoms with Gasteiger partial charge in [0.05, 0.1) is 12.6 Å². The largest absolute Gasteiger partial charge is 0.332 e. The normalized spacial score (nSPS) is 17.0. The van der Waals surface area contributed by atoms with Gasteiger partial charge in [-0.15, -0.1) is 0 Å². The number of carbonyl (C=O) groups excluding carboxylic acids is 1. The second-order valence-corrected chi connectivity index (χ2v) is 6.36. The Bertz CT molecular complexity index is 828. The molecular formula is C20H20N4O. The molecule has 1 unspecified atom stereocenters. The highest BCUT2D eigenvalue weighted by Crippen LogP contribution is 2.32. The summed E-state index contributed by atoms with van der Waals surface area (Å²) < 4.78 is 1.77. The van der Waals surface area contributed by atoms with E-state index in [-0.39, 0.29) is 11.9 Å². The molecule has 5 heteroatoms. The third kappa shape index (κ3) is 3.31. The van der Waals surface area contributed by atoms with E-state index >= 15 is 0 Å². The van der Waals surface area contributed by atoms with Crippen molar-refractivity contribution in [2.24, 2.45) is 0 Å². The van der Waals surface area contributed by atoms with Crippen LogP contribution in [-0.2, 0) is 6.54 Å². The van der Waals surface area contributed by atoms with Crippen LogP contribution in [0.3, 0.4) is 0 Å². The SMILES string of the molecule is O=C(c1ccc(Cn2cncn2)cc1)N1CCCC1c1ccccc1. The summed E-state index contributed by atoms with van der Waals surface area (Å²) >= 11 is 0. The minimum atomic E-state index is 0.110. The molecule has 25 heavy (non-hydrogen) atoms. The Balaban J connectivity index is 1.50. The number of benzene rings is 2. The Kier molecular flexibility index (Phi) is 4.29. The summed E-state index contributed by atoms with van der Waals surface area (Å²) in [5.74, 6) is 0.110. The first-order valence-electron chi connectivity index (χ1n) is 8.58. The van der Waals surface area contributed by atoms with Crippen molar-refractivity contribution < 1.29 is 4.79 Å². The van der Waals surface area contributed by atoms with Crippen LogP contribution >= 0.6 is 0 Å². The topological polar surface area (TPSA) is 51.0 Å². The van der Waals surface area contributed by atoms with Crippen molar-refractivity contribution in [2.45, 2.75) is 25.4 Å². The number of carbonyl (C=O) groups is 1. The molecule has 1 aliphatic rings. The molecule has 0 saturated carbocycles. The van der Waals surface area contributed by atoms with Crippen LogP contribution in [0.25, 0.3) is 0 Å². The molecule has 3 aromatic rings. The summed E-state index contributed by atoms with van der Waals surface area (Å²) in [6.07, 6.45) is 5.29. The van der Waals surface area contributed by atoms with Crippen LogP contribution in [0.4, 0.5) is 0 Å². The number of amides is 1. The van der Waals surface area contributed by atoms with Gasteiger partial charge in [-0.2, -0.15) is 5.10 Å². The third-order valence-corrected chi connectivity index (χ3v) is 4.71. The molecule has 2 heterocycles. The van der Waals surface area contributed by atoms with E-state index in [2.05, 4.69) is 22.2 Å². The van der Waals surface area contributed by atoms with Crippen LogP contribution < -0.4 is 0 Å². The van der Waals surface area contributed by atoms with Gasteiger partial charge < -0.3 is 4.90 Å². The number of nitrogens with zero attached hydrogens (tertiary/aromatic N) is 4. The smallest absolute Gasteiger partial charge is 0.254 e. The second-order valence-electron chi connectivity index (χ2n) is 6.36. The van der Waals surface area contributed by atoms with Crippen molar-refractivity contribution in [3.05, 3.63) is 83.9 Å². The number of likely N-dealkylation sites (tertiary alicyclic amines) is 1. The molecule has 1 amide bonds. The predicted molar refractivity (Wildman–Crippen MR) is 95.0 cm³/mol. The van der Waals surface area contributed by atoms with Crippen LogP contribution in [0.2, 0.25) is 0 Å². The number of aromatic nitrogens is 3. The highest BCUT2D eigenvalue weighted by Gasteiger charge is 2.30. The second kappa shape index (κ2) is 6.89. The van der Waals surface area contributed by atoms with Gasteiger partial charge in [0, 0.05) is 12.1 Å². The standard InChI is InChI=1S/C20H20N4O/c25-20(24-12-4-7-19(24)17-5-2-1-3-6-17)18-10-8-16(9-11-18)13-23-15-21-14-22-23/h1-3,5-6,8-11,14-15,19H,4,7,12-13H2. The Labute approximate surface area is 146 Å². The summed E-state index contributed by atoms with van der Waals surface area (Å²) in [5.41, 5.74) is 3.06. The molecule has 1 saturated heterocycles. The molecule has 4 rings (SSSR count). The average Bonchev–Trinajstić information content (AvgIpc) is 3.34. The van der Waals surface area contributed by atoms with Crippen LogP contribution in [0.1, 0.15) is 40.4 Å². The first kappa shape index (κ1) is 15.6. The quantitative estimate of drug-likeness (QED) is 0.736. The summed E-state index contributed by atoms with van der Waals surface area (Å²) in [6, 6.07) is 18.3. The van der Waals surface area contributed by atoms with Gasteiger partial charge in [0.1, 0.15) is 12.7 Å². The lowest BCUT2D eigenvalue weighted by molar-refractivity contribution is 0.0735. The fraction of sp³-hybridized carbons (Fsp3) is 0.250. The van der Waals surface area contributed by atoms with Crippen LogP contribution in [-0.4, -0.2) is 32.1 Å². The Morgan fingerprint density at radius 3 is 2.60 bits per heavy atom. The number of hydrogen-bond donors (Lipinski definition) is 0. The molecule has 0 bridgehead atoms. The van der Waals surface area contributed by atoms with E-state index in [0.29, 0.717) is 6.54 Å². The highest BCUT2D eigenvalue weighted by atomic mass is 16.2. The minimum absolute atomic E-state index is 0.110. The van der Waals surface area contributed by atoms with Gasteiger partial charge in [-0.1, -0.05) is 42.5 Å². The molecule has 1 fully saturated rings. The zero-order chi connectivity index (χ0) is 17.1. The summed E-state index contributed by atoms with van der Waals surface area (Å²) in [5, 5.41) is 4.11. The van der Waals surface area contributed by atoms with Crippen molar-refractivity contribution >= 4 is 5.91 Å². The molecule has 126 valence electrons. The average molecular weight is 332 g/mol. The molecule has 0 radical (unpaired) electrons. The van der Waals surface area contributed by atoms with Gasteiger partial charge in [-0.3, -0.25) is 4.79 Å². The molecule has 1 aliphatic heterocycles. The van der Waals surface area contributed by atoms with Crippen LogP contribution in [0.5, 0.6) is 0 Å². The predicted octanol–water partition coefficient (Wildman–Crippen LogP) is 3.30. The summed E-state index contributed by atoms with van der Waals surface area (Å²) in [4.78, 5) is 18.9. The highest BCUT2D eigenvalue weighted by molar-refractivity contribution is 5.94. The van der Waals surface area contributed by atoms with Crippen LogP contribution in [0.15, 0.2) is 67.3 Å². The van der Waals surface area contributed by atoms with Crippen LogP contribution in [0, 0.1) is 0 Å². The zero-order valence-corrected chi connectivity index (χ0v) is 14.0. The Morgan fingerprint density at radius 2 is 1.88 bits per heavy atom. The third-order valence-electron chi connectivity index (χ3n) is 4.71. The van der Waals surface area contributed by atoms with E-state index < -0.39 is 0 Å². The fourth-order valence-corrected chi connectivity index (χ4v) is 3.45. The van der Waals surface area contributed by atoms with E-state index in [1.165, 1.54) is 11.9 Å². The molecule has 0 aliphatic carbocycles. The molecule has 2 aromatic carbocycles. The lowest BCUT2D eigenvalue weighted by Gasteiger charge is -2.25. The fourth-order valence-electron chi connectivity index (χ4n) is 3.45. The summed E-state index contributed by atoms with van der Waals surface area (Å²) in [7, 11) is 0. The lowest BCUT2D eigenvalue weighted by Crippen LogP contribution is -2.30. The maximum absolute atomic E-state index is 13.0. The van der Waals surface area contributed by atoms with Gasteiger partial charge in [0.2, 0.25) is 0 Å². The van der Waals surface area contributed by atoms with Crippen molar-refractivity contribution in [1.29, 1.82) is 0 Å². The first-order chi connectivity index (χ1) is 12.3. The zero-order valence-electron chi connectivity index (χ0n) is 14.0. The van der Waals surface area contributed by atoms with Crippen molar-refractivity contribution in [2.75, 3.05) is 6.54 Å². The van der Waals surface area contributed by atoms with E-state index in [1.807, 2.05) is 47.4 Å². The van der Waals surface area contributed by atoms with E-state index in [4.69, 9.17) is 0 Å². The molecule has 1 atom stereocenters. The van der Waals surface area contributed by atoms with Gasteiger partial charge in [0.25, 0.3) is 5.91 Å². The van der Waals surface area contributed by atoms with E-state index in [0.717, 1.165) is 30.5 Å². The number of rotatable bonds is 4. The molecular weight excluding hydrogens is 312 g/mol. The first-order valence-corrected chi connectivity index (χ1v) is 8.58. The molecule has 0 spiro atoms. The van der Waals surface area contributed by atoms with Gasteiger partial charge in [-0.05, 0) is 36.1 Å². The van der Waals surface area contributed by atoms with Crippen molar-refractivity contribution in [1.82, 2.24) is 19.7 Å². The van der Waals surface area contributed by atoms with Gasteiger partial charge in [0.15, 0.2) is 0 Å². The van der Waals surface area contributed by atoms with Gasteiger partial charge in [-0.25, -0.2) is 9.67 Å². The Morgan fingerprint density at radius 1 is 1.08 bits per heavy atom. The monoisotopic (exact) mass is 332 g/mol. The molecule has 0 N–H and O–H groups in total. The summed E-state index contributed by atoms with van der Waals surface area (Å²) in [6.45, 7) is 1.48. The maximum Gasteiger partial charge on any atom is 0.254 e. The van der Waals surface area contributed by atoms with Gasteiger partial charge >= 0.3 is 0 Å². The number of hydrogen-bond acceptors (Lipinski definition) is 3. The minimum Gasteiger partial charge on any atom is -0.332 e. The van der Waals surface area contributed by atoms with E-state index in [1.54, 1.807) is 11.0 Å². The van der Waals surface area contributed by atoms with Crippen molar-refractivity contribution in [3.8, 4) is 0 Å².